The number of likely N-dealkylation sites (tertiary alicyclic amines) is 2. The molecule has 0 aromatic heterocycles. The van der Waals surface area contributed by atoms with E-state index in [1.807, 2.05) is 16.7 Å². The van der Waals surface area contributed by atoms with E-state index in [2.05, 4.69) is 10.2 Å². The number of hydrogen-bond acceptors (Lipinski definition) is 4. The molecule has 0 aromatic carbocycles. The zero-order valence-electron chi connectivity index (χ0n) is 15.4. The van der Waals surface area contributed by atoms with Crippen LogP contribution < -0.4 is 5.32 Å². The van der Waals surface area contributed by atoms with Gasteiger partial charge in [0, 0.05) is 58.3 Å². The summed E-state index contributed by atoms with van der Waals surface area (Å²) < 4.78 is 0. The van der Waals surface area contributed by atoms with Crippen molar-refractivity contribution in [1.82, 2.24) is 20.0 Å². The van der Waals surface area contributed by atoms with Gasteiger partial charge in [-0.25, -0.2) is 0 Å². The number of rotatable bonds is 4. The number of amides is 2. The summed E-state index contributed by atoms with van der Waals surface area (Å²) in [5.74, 6) is 0.352. The van der Waals surface area contributed by atoms with E-state index < -0.39 is 0 Å². The summed E-state index contributed by atoms with van der Waals surface area (Å²) in [6, 6.07) is 0.291. The maximum atomic E-state index is 13.0. The standard InChI is InChI=1S/C18H32N4O2.ClH/c1-2-5-17(23)22-10-4-3-6-16(22)18(24)21-11-7-15(14-21)20-12-8-19-9-13-20;/h15-16,19H,2-14H2,1H3;1H. The van der Waals surface area contributed by atoms with Gasteiger partial charge in [-0.2, -0.15) is 0 Å². The van der Waals surface area contributed by atoms with Gasteiger partial charge in [-0.3, -0.25) is 14.5 Å². The second-order valence-corrected chi connectivity index (χ2v) is 7.36. The second-order valence-electron chi connectivity index (χ2n) is 7.36. The summed E-state index contributed by atoms with van der Waals surface area (Å²) in [5, 5.41) is 3.39. The van der Waals surface area contributed by atoms with Crippen molar-refractivity contribution < 1.29 is 9.59 Å². The highest BCUT2D eigenvalue weighted by molar-refractivity contribution is 5.88. The van der Waals surface area contributed by atoms with E-state index in [1.54, 1.807) is 0 Å². The van der Waals surface area contributed by atoms with E-state index in [4.69, 9.17) is 0 Å². The topological polar surface area (TPSA) is 55.9 Å². The highest BCUT2D eigenvalue weighted by Gasteiger charge is 2.38. The van der Waals surface area contributed by atoms with Crippen molar-refractivity contribution >= 4 is 24.2 Å². The van der Waals surface area contributed by atoms with Gasteiger partial charge in [-0.1, -0.05) is 6.92 Å². The van der Waals surface area contributed by atoms with Gasteiger partial charge in [0.05, 0.1) is 0 Å². The Balaban J connectivity index is 0.00000225. The Bertz CT molecular complexity index is 456. The number of hydrogen-bond donors (Lipinski definition) is 1. The highest BCUT2D eigenvalue weighted by Crippen LogP contribution is 2.24. The molecule has 2 atom stereocenters. The minimum atomic E-state index is -0.209. The van der Waals surface area contributed by atoms with Crippen molar-refractivity contribution in [2.75, 3.05) is 45.8 Å². The fourth-order valence-electron chi connectivity index (χ4n) is 4.34. The predicted octanol–water partition coefficient (Wildman–Crippen LogP) is 1.10. The van der Waals surface area contributed by atoms with Gasteiger partial charge in [-0.15, -0.1) is 12.4 Å². The molecule has 1 N–H and O–H groups in total. The molecule has 25 heavy (non-hydrogen) atoms. The summed E-state index contributed by atoms with van der Waals surface area (Å²) in [6.07, 6.45) is 5.41. The van der Waals surface area contributed by atoms with E-state index in [1.165, 1.54) is 0 Å². The van der Waals surface area contributed by atoms with E-state index in [-0.39, 0.29) is 30.3 Å². The van der Waals surface area contributed by atoms with E-state index in [0.29, 0.717) is 12.5 Å². The number of carbonyl (C=O) groups is 2. The Morgan fingerprint density at radius 1 is 1.04 bits per heavy atom. The summed E-state index contributed by atoms with van der Waals surface area (Å²) in [7, 11) is 0. The van der Waals surface area contributed by atoms with Crippen LogP contribution in [0.3, 0.4) is 0 Å². The number of nitrogens with one attached hydrogen (secondary N) is 1. The average molecular weight is 373 g/mol. The predicted molar refractivity (Wildman–Crippen MR) is 101 cm³/mol. The average Bonchev–Trinajstić information content (AvgIpc) is 3.12. The van der Waals surface area contributed by atoms with Gasteiger partial charge in [0.1, 0.15) is 6.04 Å². The highest BCUT2D eigenvalue weighted by atomic mass is 35.5. The molecule has 2 unspecified atom stereocenters. The summed E-state index contributed by atoms with van der Waals surface area (Å²) in [5.41, 5.74) is 0. The molecule has 7 heteroatoms. The molecule has 6 nitrogen and oxygen atoms in total. The Hall–Kier alpha value is -0.850. The minimum absolute atomic E-state index is 0. The van der Waals surface area contributed by atoms with Crippen molar-refractivity contribution in [3.05, 3.63) is 0 Å². The van der Waals surface area contributed by atoms with Gasteiger partial charge in [0.2, 0.25) is 11.8 Å². The third kappa shape index (κ3) is 4.86. The Kier molecular flexibility index (Phi) is 7.97. The fraction of sp³-hybridized carbons (Fsp3) is 0.889. The van der Waals surface area contributed by atoms with Crippen molar-refractivity contribution in [3.63, 3.8) is 0 Å². The zero-order chi connectivity index (χ0) is 16.9. The van der Waals surface area contributed by atoms with Crippen LogP contribution in [0.25, 0.3) is 0 Å². The Morgan fingerprint density at radius 2 is 1.80 bits per heavy atom. The van der Waals surface area contributed by atoms with Crippen LogP contribution in [0, 0.1) is 0 Å². The van der Waals surface area contributed by atoms with Crippen LogP contribution in [0.5, 0.6) is 0 Å². The quantitative estimate of drug-likeness (QED) is 0.802. The van der Waals surface area contributed by atoms with Crippen molar-refractivity contribution in [1.29, 1.82) is 0 Å². The molecule has 2 amide bonds. The van der Waals surface area contributed by atoms with Crippen molar-refractivity contribution in [2.24, 2.45) is 0 Å². The van der Waals surface area contributed by atoms with Gasteiger partial charge in [0.15, 0.2) is 0 Å². The third-order valence-electron chi connectivity index (χ3n) is 5.72. The maximum Gasteiger partial charge on any atom is 0.245 e. The number of piperidine rings is 1. The van der Waals surface area contributed by atoms with Gasteiger partial charge < -0.3 is 15.1 Å². The number of carbonyl (C=O) groups excluding carboxylic acids is 2. The van der Waals surface area contributed by atoms with Crippen LogP contribution in [-0.2, 0) is 9.59 Å². The molecule has 3 fully saturated rings. The summed E-state index contributed by atoms with van der Waals surface area (Å²) in [4.78, 5) is 31.8. The summed E-state index contributed by atoms with van der Waals surface area (Å²) >= 11 is 0. The number of halogens is 1. The first-order chi connectivity index (χ1) is 11.7. The molecule has 3 rings (SSSR count). The van der Waals surface area contributed by atoms with Crippen LogP contribution in [-0.4, -0.2) is 84.4 Å². The molecule has 3 aliphatic heterocycles. The molecule has 144 valence electrons. The SMILES string of the molecule is CCCC(=O)N1CCCCC1C(=O)N1CCC(N2CCNCC2)C1.Cl. The molecule has 3 saturated heterocycles. The lowest BCUT2D eigenvalue weighted by atomic mass is 10.00. The number of piperazine rings is 1. The van der Waals surface area contributed by atoms with Crippen LogP contribution in [0.15, 0.2) is 0 Å². The Labute approximate surface area is 157 Å². The second kappa shape index (κ2) is 9.74. The molecular formula is C18H33ClN4O2. The first kappa shape index (κ1) is 20.5. The zero-order valence-corrected chi connectivity index (χ0v) is 16.2. The molecule has 3 heterocycles. The van der Waals surface area contributed by atoms with Crippen LogP contribution >= 0.6 is 12.4 Å². The van der Waals surface area contributed by atoms with Crippen LogP contribution in [0.2, 0.25) is 0 Å². The molecule has 0 saturated carbocycles. The molecule has 0 radical (unpaired) electrons. The van der Waals surface area contributed by atoms with E-state index in [0.717, 1.165) is 77.9 Å². The largest absolute Gasteiger partial charge is 0.339 e. The molecule has 0 spiro atoms. The molecule has 0 bridgehead atoms. The molecule has 3 aliphatic rings. The van der Waals surface area contributed by atoms with E-state index in [9.17, 15) is 9.59 Å². The normalized spacial score (nSPS) is 27.9. The lowest BCUT2D eigenvalue weighted by Gasteiger charge is -2.37. The van der Waals surface area contributed by atoms with E-state index >= 15 is 0 Å². The smallest absolute Gasteiger partial charge is 0.245 e. The first-order valence-corrected chi connectivity index (χ1v) is 9.73. The summed E-state index contributed by atoms with van der Waals surface area (Å²) in [6.45, 7) is 8.72. The van der Waals surface area contributed by atoms with Gasteiger partial charge in [-0.05, 0) is 32.1 Å². The lowest BCUT2D eigenvalue weighted by molar-refractivity contribution is -0.147. The first-order valence-electron chi connectivity index (χ1n) is 9.73. The van der Waals surface area contributed by atoms with Crippen LogP contribution in [0.1, 0.15) is 45.4 Å². The lowest BCUT2D eigenvalue weighted by Crippen LogP contribution is -2.53. The monoisotopic (exact) mass is 372 g/mol. The van der Waals surface area contributed by atoms with Gasteiger partial charge in [0.25, 0.3) is 0 Å². The Morgan fingerprint density at radius 3 is 2.52 bits per heavy atom. The van der Waals surface area contributed by atoms with Crippen molar-refractivity contribution in [2.45, 2.75) is 57.5 Å². The third-order valence-corrected chi connectivity index (χ3v) is 5.72. The minimum Gasteiger partial charge on any atom is -0.339 e. The van der Waals surface area contributed by atoms with Crippen LogP contribution in [0.4, 0.5) is 0 Å². The molecule has 0 aromatic rings. The number of nitrogens with zero attached hydrogens (tertiary/aromatic N) is 3. The molecule has 0 aliphatic carbocycles. The fourth-order valence-corrected chi connectivity index (χ4v) is 4.34. The molecular weight excluding hydrogens is 340 g/mol. The van der Waals surface area contributed by atoms with Gasteiger partial charge >= 0.3 is 0 Å². The maximum absolute atomic E-state index is 13.0. The van der Waals surface area contributed by atoms with Crippen molar-refractivity contribution in [3.8, 4) is 0 Å².